The number of ether oxygens (including phenoxy) is 2. The summed E-state index contributed by atoms with van der Waals surface area (Å²) in [4.78, 5) is 12.9. The average molecular weight is 538 g/mol. The van der Waals surface area contributed by atoms with Gasteiger partial charge in [0.15, 0.2) is 11.0 Å². The van der Waals surface area contributed by atoms with Gasteiger partial charge in [-0.05, 0) is 37.1 Å². The Labute approximate surface area is 225 Å². The number of aromatic nitrogens is 3. The molecule has 192 valence electrons. The van der Waals surface area contributed by atoms with Gasteiger partial charge >= 0.3 is 6.03 Å². The summed E-state index contributed by atoms with van der Waals surface area (Å²) in [6, 6.07) is 20.1. The molecule has 1 heterocycles. The number of hydrogen-bond donors (Lipinski definition) is 2. The monoisotopic (exact) mass is 537 g/mol. The third-order valence-corrected chi connectivity index (χ3v) is 6.86. The number of thioether (sulfide) groups is 1. The summed E-state index contributed by atoms with van der Waals surface area (Å²) in [5.41, 5.74) is 3.57. The fraction of sp³-hybridized carbons (Fsp3) is 0.222. The molecular formula is C27H28ClN5O3S. The summed E-state index contributed by atoms with van der Waals surface area (Å²) >= 11 is 7.92. The number of methoxy groups -OCH3 is 2. The minimum absolute atomic E-state index is 0.404. The number of benzene rings is 3. The minimum Gasteiger partial charge on any atom is -0.497 e. The van der Waals surface area contributed by atoms with E-state index in [0.29, 0.717) is 33.2 Å². The van der Waals surface area contributed by atoms with Gasteiger partial charge in [0.1, 0.15) is 11.5 Å². The van der Waals surface area contributed by atoms with E-state index in [1.54, 1.807) is 44.2 Å². The molecule has 0 saturated heterocycles. The van der Waals surface area contributed by atoms with Gasteiger partial charge in [0.2, 0.25) is 0 Å². The van der Waals surface area contributed by atoms with Gasteiger partial charge in [-0.1, -0.05) is 59.8 Å². The smallest absolute Gasteiger partial charge is 0.319 e. The normalized spacial score (nSPS) is 11.6. The quantitative estimate of drug-likeness (QED) is 0.239. The molecular weight excluding hydrogens is 510 g/mol. The van der Waals surface area contributed by atoms with E-state index in [-0.39, 0.29) is 0 Å². The molecule has 1 unspecified atom stereocenters. The number of carbonyl (C=O) groups is 1. The number of anilines is 1. The van der Waals surface area contributed by atoms with E-state index in [0.717, 1.165) is 17.0 Å². The first-order valence-corrected chi connectivity index (χ1v) is 12.9. The highest BCUT2D eigenvalue weighted by molar-refractivity contribution is 7.98. The van der Waals surface area contributed by atoms with E-state index in [1.165, 1.54) is 5.56 Å². The van der Waals surface area contributed by atoms with Crippen molar-refractivity contribution in [3.05, 3.63) is 88.7 Å². The molecule has 8 nitrogen and oxygen atoms in total. The molecule has 0 bridgehead atoms. The van der Waals surface area contributed by atoms with Crippen LogP contribution >= 0.6 is 23.4 Å². The maximum absolute atomic E-state index is 12.9. The maximum atomic E-state index is 12.9. The van der Waals surface area contributed by atoms with Gasteiger partial charge in [-0.15, -0.1) is 10.2 Å². The first-order chi connectivity index (χ1) is 17.9. The van der Waals surface area contributed by atoms with Crippen LogP contribution in [0.15, 0.2) is 71.9 Å². The van der Waals surface area contributed by atoms with Crippen molar-refractivity contribution in [1.82, 2.24) is 20.1 Å². The molecule has 4 rings (SSSR count). The second kappa shape index (κ2) is 12.0. The fourth-order valence-electron chi connectivity index (χ4n) is 3.74. The Kier molecular flexibility index (Phi) is 8.58. The average Bonchev–Trinajstić information content (AvgIpc) is 3.33. The second-order valence-corrected chi connectivity index (χ2v) is 9.68. The van der Waals surface area contributed by atoms with Crippen LogP contribution in [-0.2, 0) is 5.75 Å². The van der Waals surface area contributed by atoms with Crippen LogP contribution in [0.2, 0.25) is 5.02 Å². The SMILES string of the molecule is COc1cc(NC(=O)NC(C)c2nnc(SCc3ccccc3)n2-c2cc(Cl)ccc2C)cc(OC)c1. The van der Waals surface area contributed by atoms with Gasteiger partial charge in [-0.2, -0.15) is 0 Å². The number of aryl methyl sites for hydroxylation is 1. The standard InChI is InChI=1S/C27H28ClN5O3S/c1-17-10-11-20(28)12-24(17)33-25(31-32-27(33)37-16-19-8-6-5-7-9-19)18(2)29-26(34)30-21-13-22(35-3)15-23(14-21)36-4/h5-15,18H,16H2,1-4H3,(H2,29,30,34). The Balaban J connectivity index is 1.59. The molecule has 37 heavy (non-hydrogen) atoms. The van der Waals surface area contributed by atoms with Crippen LogP contribution in [0.1, 0.15) is 29.9 Å². The van der Waals surface area contributed by atoms with Crippen LogP contribution < -0.4 is 20.1 Å². The predicted octanol–water partition coefficient (Wildman–Crippen LogP) is 6.42. The molecule has 0 saturated carbocycles. The molecule has 1 atom stereocenters. The topological polar surface area (TPSA) is 90.3 Å². The number of carbonyl (C=O) groups excluding carboxylic acids is 1. The first kappa shape index (κ1) is 26.4. The molecule has 0 fully saturated rings. The highest BCUT2D eigenvalue weighted by Gasteiger charge is 2.22. The van der Waals surface area contributed by atoms with E-state index in [1.807, 2.05) is 54.8 Å². The zero-order valence-corrected chi connectivity index (χ0v) is 22.6. The molecule has 1 aromatic heterocycles. The molecule has 3 aromatic carbocycles. The summed E-state index contributed by atoms with van der Waals surface area (Å²) in [5, 5.41) is 16.0. The van der Waals surface area contributed by atoms with E-state index in [2.05, 4.69) is 33.0 Å². The number of rotatable bonds is 9. The molecule has 0 aliphatic rings. The number of nitrogens with one attached hydrogen (secondary N) is 2. The number of nitrogens with zero attached hydrogens (tertiary/aromatic N) is 3. The summed E-state index contributed by atoms with van der Waals surface area (Å²) in [5.74, 6) is 2.44. The zero-order valence-electron chi connectivity index (χ0n) is 21.0. The number of amides is 2. The maximum Gasteiger partial charge on any atom is 0.319 e. The van der Waals surface area contributed by atoms with Crippen molar-refractivity contribution in [2.45, 2.75) is 30.8 Å². The summed E-state index contributed by atoms with van der Waals surface area (Å²) < 4.78 is 12.5. The van der Waals surface area contributed by atoms with Crippen LogP contribution in [0.3, 0.4) is 0 Å². The Hall–Kier alpha value is -3.69. The molecule has 2 N–H and O–H groups in total. The lowest BCUT2D eigenvalue weighted by atomic mass is 10.2. The van der Waals surface area contributed by atoms with Gasteiger partial charge in [0.25, 0.3) is 0 Å². The van der Waals surface area contributed by atoms with E-state index >= 15 is 0 Å². The van der Waals surface area contributed by atoms with Crippen molar-refractivity contribution in [3.63, 3.8) is 0 Å². The molecule has 2 amide bonds. The van der Waals surface area contributed by atoms with Crippen molar-refractivity contribution in [2.24, 2.45) is 0 Å². The Bertz CT molecular complexity index is 1360. The number of halogens is 1. The van der Waals surface area contributed by atoms with Crippen molar-refractivity contribution in [1.29, 1.82) is 0 Å². The van der Waals surface area contributed by atoms with E-state index in [9.17, 15) is 4.79 Å². The first-order valence-electron chi connectivity index (χ1n) is 11.6. The fourth-order valence-corrected chi connectivity index (χ4v) is 4.81. The zero-order chi connectivity index (χ0) is 26.4. The van der Waals surface area contributed by atoms with Crippen LogP contribution in [0.25, 0.3) is 5.69 Å². The van der Waals surface area contributed by atoms with E-state index < -0.39 is 12.1 Å². The number of hydrogen-bond acceptors (Lipinski definition) is 6. The number of urea groups is 1. The summed E-state index contributed by atoms with van der Waals surface area (Å²) in [7, 11) is 3.11. The third-order valence-electron chi connectivity index (χ3n) is 5.63. The highest BCUT2D eigenvalue weighted by atomic mass is 35.5. The second-order valence-electron chi connectivity index (χ2n) is 8.30. The van der Waals surface area contributed by atoms with Crippen molar-refractivity contribution < 1.29 is 14.3 Å². The van der Waals surface area contributed by atoms with Gasteiger partial charge < -0.3 is 20.1 Å². The van der Waals surface area contributed by atoms with Gasteiger partial charge in [0, 0.05) is 34.7 Å². The Morgan fingerprint density at radius 2 is 1.73 bits per heavy atom. The van der Waals surface area contributed by atoms with Gasteiger partial charge in [-0.25, -0.2) is 4.79 Å². The van der Waals surface area contributed by atoms with Crippen LogP contribution in [-0.4, -0.2) is 35.0 Å². The van der Waals surface area contributed by atoms with Crippen LogP contribution in [0, 0.1) is 6.92 Å². The molecule has 0 radical (unpaired) electrons. The third kappa shape index (κ3) is 6.55. The lowest BCUT2D eigenvalue weighted by Crippen LogP contribution is -2.32. The molecule has 10 heteroatoms. The largest absolute Gasteiger partial charge is 0.497 e. The molecule has 0 aliphatic heterocycles. The lowest BCUT2D eigenvalue weighted by molar-refractivity contribution is 0.248. The van der Waals surface area contributed by atoms with Crippen molar-refractivity contribution >= 4 is 35.1 Å². The summed E-state index contributed by atoms with van der Waals surface area (Å²) in [6.45, 7) is 3.86. The van der Waals surface area contributed by atoms with Gasteiger partial charge in [-0.3, -0.25) is 4.57 Å². The molecule has 4 aromatic rings. The Morgan fingerprint density at radius 1 is 1.03 bits per heavy atom. The molecule has 0 spiro atoms. The van der Waals surface area contributed by atoms with E-state index in [4.69, 9.17) is 21.1 Å². The van der Waals surface area contributed by atoms with Gasteiger partial charge in [0.05, 0.1) is 25.9 Å². The minimum atomic E-state index is -0.468. The molecule has 0 aliphatic carbocycles. The predicted molar refractivity (Wildman–Crippen MR) is 147 cm³/mol. The lowest BCUT2D eigenvalue weighted by Gasteiger charge is -2.18. The van der Waals surface area contributed by atoms with Crippen LogP contribution in [0.5, 0.6) is 11.5 Å². The highest BCUT2D eigenvalue weighted by Crippen LogP contribution is 2.31. The Morgan fingerprint density at radius 3 is 2.41 bits per heavy atom. The van der Waals surface area contributed by atoms with Crippen molar-refractivity contribution in [2.75, 3.05) is 19.5 Å². The van der Waals surface area contributed by atoms with Crippen molar-refractivity contribution in [3.8, 4) is 17.2 Å². The van der Waals surface area contributed by atoms with Crippen LogP contribution in [0.4, 0.5) is 10.5 Å². The summed E-state index contributed by atoms with van der Waals surface area (Å²) in [6.07, 6.45) is 0.